The van der Waals surface area contributed by atoms with E-state index in [1.54, 1.807) is 18.4 Å². The molecular formula is C22H22F2N2O2. The lowest BCUT2D eigenvalue weighted by Gasteiger charge is -2.17. The van der Waals surface area contributed by atoms with E-state index in [2.05, 4.69) is 5.32 Å². The van der Waals surface area contributed by atoms with Crippen molar-refractivity contribution < 1.29 is 18.0 Å². The summed E-state index contributed by atoms with van der Waals surface area (Å²) in [6, 6.07) is 7.14. The highest BCUT2D eigenvalue weighted by Crippen LogP contribution is 2.31. The van der Waals surface area contributed by atoms with Crippen molar-refractivity contribution in [3.8, 4) is 0 Å². The number of halogens is 2. The van der Waals surface area contributed by atoms with Crippen LogP contribution in [0.15, 0.2) is 41.0 Å². The molecule has 1 aliphatic rings. The predicted octanol–water partition coefficient (Wildman–Crippen LogP) is 4.52. The van der Waals surface area contributed by atoms with E-state index < -0.39 is 11.6 Å². The van der Waals surface area contributed by atoms with Gasteiger partial charge < -0.3 is 14.3 Å². The van der Waals surface area contributed by atoms with E-state index in [1.165, 1.54) is 17.7 Å². The van der Waals surface area contributed by atoms with Crippen LogP contribution in [0.4, 0.5) is 8.78 Å². The Morgan fingerprint density at radius 1 is 1.21 bits per heavy atom. The van der Waals surface area contributed by atoms with Crippen molar-refractivity contribution in [1.29, 1.82) is 0 Å². The Hall–Kier alpha value is -2.89. The zero-order valence-corrected chi connectivity index (χ0v) is 15.7. The summed E-state index contributed by atoms with van der Waals surface area (Å²) in [4.78, 5) is 13.0. The molecule has 6 heteroatoms. The second-order valence-electron chi connectivity index (χ2n) is 7.19. The highest BCUT2D eigenvalue weighted by molar-refractivity contribution is 5.95. The van der Waals surface area contributed by atoms with Crippen molar-refractivity contribution in [2.24, 2.45) is 0 Å². The Labute approximate surface area is 162 Å². The van der Waals surface area contributed by atoms with Crippen molar-refractivity contribution in [1.82, 2.24) is 9.88 Å². The van der Waals surface area contributed by atoms with E-state index in [1.807, 2.05) is 11.5 Å². The first-order valence-corrected chi connectivity index (χ1v) is 9.50. The number of nitrogens with zero attached hydrogens (tertiary/aromatic N) is 1. The molecule has 2 heterocycles. The number of furan rings is 1. The van der Waals surface area contributed by atoms with Crippen LogP contribution in [0.1, 0.15) is 51.5 Å². The smallest absolute Gasteiger partial charge is 0.268 e. The molecule has 4 nitrogen and oxygen atoms in total. The monoisotopic (exact) mass is 384 g/mol. The molecule has 28 heavy (non-hydrogen) atoms. The summed E-state index contributed by atoms with van der Waals surface area (Å²) >= 11 is 0. The van der Waals surface area contributed by atoms with E-state index in [4.69, 9.17) is 4.42 Å². The highest BCUT2D eigenvalue weighted by Gasteiger charge is 2.26. The second-order valence-corrected chi connectivity index (χ2v) is 7.19. The van der Waals surface area contributed by atoms with E-state index >= 15 is 0 Å². The van der Waals surface area contributed by atoms with E-state index in [9.17, 15) is 13.6 Å². The van der Waals surface area contributed by atoms with Gasteiger partial charge >= 0.3 is 0 Å². The lowest BCUT2D eigenvalue weighted by atomic mass is 9.95. The standard InChI is InChI=1S/C22H22F2N2O2/c1-14-18-6-2-3-7-20(18)26(13-15-8-9-16(23)11-19(15)24)21(14)22(27)25-12-17-5-4-10-28-17/h4-5,8-11H,2-3,6-7,12-13H2,1H3,(H,25,27). The number of fused-ring (bicyclic) bond motifs is 1. The third-order valence-corrected chi connectivity index (χ3v) is 5.40. The molecule has 3 aromatic rings. The van der Waals surface area contributed by atoms with Crippen LogP contribution in [0.5, 0.6) is 0 Å². The Kier molecular flexibility index (Phi) is 5.03. The summed E-state index contributed by atoms with van der Waals surface area (Å²) in [5.41, 5.74) is 4.11. The van der Waals surface area contributed by atoms with Gasteiger partial charge in [0.15, 0.2) is 0 Å². The minimum absolute atomic E-state index is 0.200. The van der Waals surface area contributed by atoms with Crippen LogP contribution in [0.2, 0.25) is 0 Å². The number of benzene rings is 1. The van der Waals surface area contributed by atoms with Gasteiger partial charge in [0, 0.05) is 17.3 Å². The Morgan fingerprint density at radius 3 is 2.79 bits per heavy atom. The Bertz CT molecular complexity index is 1010. The van der Waals surface area contributed by atoms with E-state index in [0.29, 0.717) is 17.0 Å². The fourth-order valence-electron chi connectivity index (χ4n) is 4.02. The molecule has 0 saturated heterocycles. The number of aromatic nitrogens is 1. The topological polar surface area (TPSA) is 47.2 Å². The van der Waals surface area contributed by atoms with Crippen LogP contribution >= 0.6 is 0 Å². The SMILES string of the molecule is Cc1c2c(n(Cc3ccc(F)cc3F)c1C(=O)NCc1ccco1)CCCC2. The minimum atomic E-state index is -0.608. The van der Waals surface area contributed by atoms with Crippen molar-refractivity contribution >= 4 is 5.91 Å². The maximum atomic E-state index is 14.3. The van der Waals surface area contributed by atoms with Gasteiger partial charge in [0.1, 0.15) is 23.1 Å². The largest absolute Gasteiger partial charge is 0.467 e. The molecule has 0 unspecified atom stereocenters. The summed E-state index contributed by atoms with van der Waals surface area (Å²) < 4.78 is 34.7. The molecule has 0 aliphatic heterocycles. The maximum absolute atomic E-state index is 14.3. The molecule has 0 atom stereocenters. The van der Waals surface area contributed by atoms with Gasteiger partial charge in [-0.2, -0.15) is 0 Å². The van der Waals surface area contributed by atoms with Gasteiger partial charge in [-0.1, -0.05) is 6.07 Å². The van der Waals surface area contributed by atoms with Gasteiger partial charge in [-0.15, -0.1) is 0 Å². The first-order chi connectivity index (χ1) is 13.5. The van der Waals surface area contributed by atoms with Crippen molar-refractivity contribution in [2.45, 2.75) is 45.7 Å². The van der Waals surface area contributed by atoms with Gasteiger partial charge in [-0.25, -0.2) is 8.78 Å². The first-order valence-electron chi connectivity index (χ1n) is 9.50. The summed E-state index contributed by atoms with van der Waals surface area (Å²) in [5, 5.41) is 2.89. The third-order valence-electron chi connectivity index (χ3n) is 5.40. The van der Waals surface area contributed by atoms with Crippen molar-refractivity contribution in [3.63, 3.8) is 0 Å². The van der Waals surface area contributed by atoms with Crippen LogP contribution in [0.3, 0.4) is 0 Å². The molecule has 1 N–H and O–H groups in total. The van der Waals surface area contributed by atoms with E-state index in [-0.39, 0.29) is 19.0 Å². The average Bonchev–Trinajstić information content (AvgIpc) is 3.29. The predicted molar refractivity (Wildman–Crippen MR) is 101 cm³/mol. The number of hydrogen-bond donors (Lipinski definition) is 1. The number of carbonyl (C=O) groups is 1. The normalized spacial score (nSPS) is 13.4. The fourth-order valence-corrected chi connectivity index (χ4v) is 4.02. The summed E-state index contributed by atoms with van der Waals surface area (Å²) in [6.07, 6.45) is 5.44. The lowest BCUT2D eigenvalue weighted by molar-refractivity contribution is 0.0938. The van der Waals surface area contributed by atoms with Gasteiger partial charge in [0.25, 0.3) is 5.91 Å². The molecule has 1 aliphatic carbocycles. The molecule has 146 valence electrons. The van der Waals surface area contributed by atoms with Gasteiger partial charge in [-0.3, -0.25) is 4.79 Å². The number of carbonyl (C=O) groups excluding carboxylic acids is 1. The molecule has 0 saturated carbocycles. The van der Waals surface area contributed by atoms with Crippen LogP contribution in [-0.4, -0.2) is 10.5 Å². The Morgan fingerprint density at radius 2 is 2.04 bits per heavy atom. The van der Waals surface area contributed by atoms with Crippen LogP contribution in [0, 0.1) is 18.6 Å². The summed E-state index contributed by atoms with van der Waals surface area (Å²) in [6.45, 7) is 2.43. The minimum Gasteiger partial charge on any atom is -0.467 e. The number of nitrogens with one attached hydrogen (secondary N) is 1. The second kappa shape index (κ2) is 7.62. The molecule has 4 rings (SSSR count). The fraction of sp³-hybridized carbons (Fsp3) is 0.318. The van der Waals surface area contributed by atoms with Gasteiger partial charge in [0.2, 0.25) is 0 Å². The molecule has 1 aromatic carbocycles. The van der Waals surface area contributed by atoms with Crippen LogP contribution in [0.25, 0.3) is 0 Å². The van der Waals surface area contributed by atoms with Crippen LogP contribution in [-0.2, 0) is 25.9 Å². The first kappa shape index (κ1) is 18.5. The lowest BCUT2D eigenvalue weighted by Crippen LogP contribution is -2.27. The number of hydrogen-bond acceptors (Lipinski definition) is 2. The maximum Gasteiger partial charge on any atom is 0.268 e. The zero-order valence-electron chi connectivity index (χ0n) is 15.7. The Balaban J connectivity index is 1.70. The van der Waals surface area contributed by atoms with Crippen molar-refractivity contribution in [3.05, 3.63) is 82.1 Å². The molecule has 1 amide bonds. The summed E-state index contributed by atoms with van der Waals surface area (Å²) in [7, 11) is 0. The summed E-state index contributed by atoms with van der Waals surface area (Å²) in [5.74, 6) is -0.759. The molecule has 0 radical (unpaired) electrons. The third kappa shape index (κ3) is 3.46. The van der Waals surface area contributed by atoms with Crippen molar-refractivity contribution in [2.75, 3.05) is 0 Å². The quantitative estimate of drug-likeness (QED) is 0.703. The number of amides is 1. The van der Waals surface area contributed by atoms with Gasteiger partial charge in [-0.05, 0) is 61.9 Å². The van der Waals surface area contributed by atoms with Crippen LogP contribution < -0.4 is 5.32 Å². The molecule has 2 aromatic heterocycles. The van der Waals surface area contributed by atoms with Gasteiger partial charge in [0.05, 0.1) is 19.4 Å². The highest BCUT2D eigenvalue weighted by atomic mass is 19.1. The molecule has 0 fully saturated rings. The average molecular weight is 384 g/mol. The molecular weight excluding hydrogens is 362 g/mol. The zero-order chi connectivity index (χ0) is 19.7. The number of rotatable bonds is 5. The molecule has 0 bridgehead atoms. The van der Waals surface area contributed by atoms with E-state index in [0.717, 1.165) is 43.0 Å². The molecule has 0 spiro atoms.